The lowest BCUT2D eigenvalue weighted by atomic mass is 9.99. The summed E-state index contributed by atoms with van der Waals surface area (Å²) in [7, 11) is 1.71. The van der Waals surface area contributed by atoms with Crippen LogP contribution in [0.3, 0.4) is 0 Å². The van der Waals surface area contributed by atoms with Gasteiger partial charge >= 0.3 is 0 Å². The number of nitrogens with one attached hydrogen (secondary N) is 1. The molecule has 5 nitrogen and oxygen atoms in total. The molecule has 0 fully saturated rings. The summed E-state index contributed by atoms with van der Waals surface area (Å²) >= 11 is 0. The fourth-order valence-electron chi connectivity index (χ4n) is 3.71. The van der Waals surface area contributed by atoms with Gasteiger partial charge in [0.25, 0.3) is 5.91 Å². The minimum absolute atomic E-state index is 0.260. The number of rotatable bonds is 6. The van der Waals surface area contributed by atoms with E-state index in [1.54, 1.807) is 13.2 Å². The van der Waals surface area contributed by atoms with Crippen molar-refractivity contribution in [2.75, 3.05) is 32.1 Å². The maximum atomic E-state index is 13.7. The molecule has 2 aliphatic rings. The number of carbonyl (C=O) groups excluding carboxylic acids is 1. The largest absolute Gasteiger partial charge is 0.487 e. The van der Waals surface area contributed by atoms with E-state index in [9.17, 15) is 9.18 Å². The lowest BCUT2D eigenvalue weighted by Crippen LogP contribution is -2.26. The Balaban J connectivity index is 1.65. The number of anilines is 1. The summed E-state index contributed by atoms with van der Waals surface area (Å²) in [4.78, 5) is 14.8. The lowest BCUT2D eigenvalue weighted by molar-refractivity contribution is -0.110. The van der Waals surface area contributed by atoms with Crippen molar-refractivity contribution in [2.24, 2.45) is 0 Å². The number of fused-ring (bicyclic) bond motifs is 2. The first-order valence-electron chi connectivity index (χ1n) is 9.42. The molecule has 0 spiro atoms. The molecule has 2 aromatic carbocycles. The smallest absolute Gasteiger partial charge is 0.260 e. The number of methoxy groups -OCH3 is 1. The molecule has 2 heterocycles. The van der Waals surface area contributed by atoms with Crippen molar-refractivity contribution in [3.63, 3.8) is 0 Å². The number of likely N-dealkylation sites (N-methyl/N-ethyl adjacent to an activating group) is 1. The Hall–Kier alpha value is -2.70. The number of halogens is 1. The second kappa shape index (κ2) is 7.73. The first kappa shape index (κ1) is 18.7. The molecule has 2 aromatic rings. The standard InChI is InChI=1S/C22H23FN2O3/c1-3-25(8-9-27-2)12-14-4-6-17-15(10-14)13-28-21(17)20-18-11-16(23)5-7-19(18)24-22(20)26/h4-7,10-11H,3,8-9,12-13H2,1-2H3,(H,24,26). The zero-order valence-electron chi connectivity index (χ0n) is 16.0. The van der Waals surface area contributed by atoms with Gasteiger partial charge in [-0.25, -0.2) is 4.39 Å². The van der Waals surface area contributed by atoms with Gasteiger partial charge in [0.05, 0.1) is 12.2 Å². The average Bonchev–Trinajstić information content (AvgIpc) is 3.24. The van der Waals surface area contributed by atoms with Crippen LogP contribution in [0.25, 0.3) is 11.3 Å². The Morgan fingerprint density at radius 1 is 1.21 bits per heavy atom. The van der Waals surface area contributed by atoms with Crippen molar-refractivity contribution in [3.05, 3.63) is 64.5 Å². The maximum absolute atomic E-state index is 13.7. The van der Waals surface area contributed by atoms with Gasteiger partial charge in [0, 0.05) is 42.6 Å². The van der Waals surface area contributed by atoms with E-state index in [0.29, 0.717) is 35.8 Å². The van der Waals surface area contributed by atoms with Crippen LogP contribution in [-0.4, -0.2) is 37.6 Å². The first-order valence-corrected chi connectivity index (χ1v) is 9.42. The topological polar surface area (TPSA) is 50.8 Å². The van der Waals surface area contributed by atoms with Crippen LogP contribution in [0.5, 0.6) is 0 Å². The van der Waals surface area contributed by atoms with Crippen LogP contribution in [0.1, 0.15) is 29.2 Å². The van der Waals surface area contributed by atoms with E-state index in [1.165, 1.54) is 17.7 Å². The summed E-state index contributed by atoms with van der Waals surface area (Å²) in [5.41, 5.74) is 4.68. The van der Waals surface area contributed by atoms with Crippen molar-refractivity contribution in [1.82, 2.24) is 4.90 Å². The van der Waals surface area contributed by atoms with Gasteiger partial charge in [0.1, 0.15) is 18.2 Å². The zero-order valence-corrected chi connectivity index (χ0v) is 16.0. The highest BCUT2D eigenvalue weighted by molar-refractivity contribution is 6.36. The molecule has 1 amide bonds. The third kappa shape index (κ3) is 3.41. The summed E-state index contributed by atoms with van der Waals surface area (Å²) in [5, 5.41) is 2.79. The second-order valence-corrected chi connectivity index (χ2v) is 6.99. The van der Waals surface area contributed by atoms with Crippen molar-refractivity contribution < 1.29 is 18.7 Å². The van der Waals surface area contributed by atoms with Gasteiger partial charge in [-0.05, 0) is 30.3 Å². The normalized spacial score (nSPS) is 17.5. The molecule has 1 N–H and O–H groups in total. The zero-order chi connectivity index (χ0) is 19.7. The minimum atomic E-state index is -0.377. The van der Waals surface area contributed by atoms with Crippen LogP contribution < -0.4 is 5.32 Å². The monoisotopic (exact) mass is 382 g/mol. The molecule has 0 aliphatic carbocycles. The molecule has 0 unspecified atom stereocenters. The van der Waals surface area contributed by atoms with Gasteiger partial charge in [-0.2, -0.15) is 0 Å². The number of nitrogens with zero attached hydrogens (tertiary/aromatic N) is 1. The molecule has 0 bridgehead atoms. The molecular weight excluding hydrogens is 359 g/mol. The van der Waals surface area contributed by atoms with E-state index in [2.05, 4.69) is 29.3 Å². The Morgan fingerprint density at radius 3 is 2.86 bits per heavy atom. The van der Waals surface area contributed by atoms with Crippen LogP contribution >= 0.6 is 0 Å². The van der Waals surface area contributed by atoms with Crippen LogP contribution in [0.15, 0.2) is 36.4 Å². The summed E-state index contributed by atoms with van der Waals surface area (Å²) < 4.78 is 24.8. The number of hydrogen-bond donors (Lipinski definition) is 1. The highest BCUT2D eigenvalue weighted by atomic mass is 19.1. The molecule has 4 rings (SSSR count). The number of amides is 1. The molecule has 0 saturated heterocycles. The van der Waals surface area contributed by atoms with E-state index < -0.39 is 0 Å². The van der Waals surface area contributed by atoms with Crippen molar-refractivity contribution in [3.8, 4) is 0 Å². The fraction of sp³-hybridized carbons (Fsp3) is 0.318. The van der Waals surface area contributed by atoms with Gasteiger partial charge in [-0.3, -0.25) is 9.69 Å². The third-order valence-electron chi connectivity index (χ3n) is 5.20. The molecule has 0 atom stereocenters. The van der Waals surface area contributed by atoms with E-state index in [1.807, 2.05) is 6.07 Å². The van der Waals surface area contributed by atoms with E-state index in [-0.39, 0.29) is 11.7 Å². The SMILES string of the molecule is CCN(CCOC)Cc1ccc2c(c1)COC2=C1C(=O)Nc2ccc(F)cc21. The predicted molar refractivity (Wildman–Crippen MR) is 106 cm³/mol. The molecule has 0 aromatic heterocycles. The minimum Gasteiger partial charge on any atom is -0.487 e. The second-order valence-electron chi connectivity index (χ2n) is 6.99. The first-order chi connectivity index (χ1) is 13.6. The van der Waals surface area contributed by atoms with Crippen LogP contribution in [0.2, 0.25) is 0 Å². The molecule has 0 saturated carbocycles. The molecule has 2 aliphatic heterocycles. The fourth-order valence-corrected chi connectivity index (χ4v) is 3.71. The van der Waals surface area contributed by atoms with Crippen LogP contribution in [0.4, 0.5) is 10.1 Å². The summed E-state index contributed by atoms with van der Waals surface area (Å²) in [5.74, 6) is -0.114. The highest BCUT2D eigenvalue weighted by Crippen LogP contribution is 2.41. The Kier molecular flexibility index (Phi) is 5.15. The number of hydrogen-bond acceptors (Lipinski definition) is 4. The van der Waals surface area contributed by atoms with Gasteiger partial charge in [-0.15, -0.1) is 0 Å². The van der Waals surface area contributed by atoms with Crippen LogP contribution in [0, 0.1) is 5.82 Å². The van der Waals surface area contributed by atoms with Gasteiger partial charge in [-0.1, -0.05) is 25.1 Å². The highest BCUT2D eigenvalue weighted by Gasteiger charge is 2.32. The number of ether oxygens (including phenoxy) is 2. The Morgan fingerprint density at radius 2 is 2.07 bits per heavy atom. The quantitative estimate of drug-likeness (QED) is 0.775. The Labute approximate surface area is 163 Å². The Bertz CT molecular complexity index is 955. The van der Waals surface area contributed by atoms with E-state index in [4.69, 9.17) is 9.47 Å². The van der Waals surface area contributed by atoms with E-state index in [0.717, 1.165) is 30.8 Å². The lowest BCUT2D eigenvalue weighted by Gasteiger charge is -2.20. The summed E-state index contributed by atoms with van der Waals surface area (Å²) in [6.07, 6.45) is 0. The molecule has 28 heavy (non-hydrogen) atoms. The summed E-state index contributed by atoms with van der Waals surface area (Å²) in [6.45, 7) is 5.87. The van der Waals surface area contributed by atoms with Crippen LogP contribution in [-0.2, 0) is 27.4 Å². The third-order valence-corrected chi connectivity index (χ3v) is 5.20. The maximum Gasteiger partial charge on any atom is 0.260 e. The predicted octanol–water partition coefficient (Wildman–Crippen LogP) is 3.64. The summed E-state index contributed by atoms with van der Waals surface area (Å²) in [6, 6.07) is 10.5. The molecule has 0 radical (unpaired) electrons. The van der Waals surface area contributed by atoms with E-state index >= 15 is 0 Å². The molecule has 6 heteroatoms. The van der Waals surface area contributed by atoms with Crippen molar-refractivity contribution >= 4 is 22.9 Å². The average molecular weight is 382 g/mol. The molecule has 146 valence electrons. The molecular formula is C22H23FN2O3. The number of benzene rings is 2. The number of carbonyl (C=O) groups is 1. The van der Waals surface area contributed by atoms with Gasteiger partial charge < -0.3 is 14.8 Å². The van der Waals surface area contributed by atoms with Gasteiger partial charge in [0.15, 0.2) is 0 Å². The van der Waals surface area contributed by atoms with Crippen molar-refractivity contribution in [2.45, 2.75) is 20.1 Å². The van der Waals surface area contributed by atoms with Crippen molar-refractivity contribution in [1.29, 1.82) is 0 Å². The van der Waals surface area contributed by atoms with Gasteiger partial charge in [0.2, 0.25) is 0 Å².